The second-order valence-electron chi connectivity index (χ2n) is 16.7. The van der Waals surface area contributed by atoms with Crippen molar-refractivity contribution in [2.75, 3.05) is 9.80 Å². The first-order valence-corrected chi connectivity index (χ1v) is 21.4. The van der Waals surface area contributed by atoms with Crippen LogP contribution < -0.4 is 9.80 Å². The van der Waals surface area contributed by atoms with Gasteiger partial charge in [-0.1, -0.05) is 147 Å². The zero-order valence-corrected chi connectivity index (χ0v) is 35.3. The Hall–Kier alpha value is -8.64. The Morgan fingerprint density at radius 3 is 1.67 bits per heavy atom. The maximum absolute atomic E-state index is 10.7. The van der Waals surface area contributed by atoms with E-state index in [0.717, 1.165) is 95.0 Å². The van der Waals surface area contributed by atoms with Crippen molar-refractivity contribution in [3.8, 4) is 39.4 Å². The van der Waals surface area contributed by atoms with E-state index in [-0.39, 0.29) is 0 Å². The molecule has 0 aliphatic heterocycles. The predicted octanol–water partition coefficient (Wildman–Crippen LogP) is 16.6. The van der Waals surface area contributed by atoms with Gasteiger partial charge in [0.25, 0.3) is 0 Å². The van der Waals surface area contributed by atoms with E-state index < -0.39 is 5.41 Å². The van der Waals surface area contributed by atoms with Crippen molar-refractivity contribution in [3.63, 3.8) is 0 Å². The minimum atomic E-state index is -0.528. The molecule has 0 saturated heterocycles. The number of furan rings is 1. The molecular formula is C59H40N4O. The molecule has 11 rings (SSSR count). The molecule has 0 N–H and O–H groups in total. The summed E-state index contributed by atoms with van der Waals surface area (Å²) in [5, 5.41) is 12.7. The molecule has 0 amide bonds. The first-order chi connectivity index (χ1) is 31.4. The highest BCUT2D eigenvalue weighted by molar-refractivity contribution is 6.15. The molecule has 1 aromatic heterocycles. The van der Waals surface area contributed by atoms with Crippen molar-refractivity contribution in [2.24, 2.45) is 0 Å². The number of anilines is 6. The molecule has 64 heavy (non-hydrogen) atoms. The van der Waals surface area contributed by atoms with Crippen LogP contribution in [0.25, 0.3) is 60.2 Å². The van der Waals surface area contributed by atoms with Crippen LogP contribution in [0.15, 0.2) is 211 Å². The maximum Gasteiger partial charge on any atom is 0.196 e. The van der Waals surface area contributed by atoms with Crippen LogP contribution >= 0.6 is 0 Å². The Balaban J connectivity index is 1.14. The van der Waals surface area contributed by atoms with Crippen molar-refractivity contribution < 1.29 is 4.42 Å². The number of fused-ring (bicyclic) bond motifs is 6. The van der Waals surface area contributed by atoms with Gasteiger partial charge in [0, 0.05) is 44.6 Å². The summed E-state index contributed by atoms with van der Waals surface area (Å²) >= 11 is 0. The molecule has 10 aromatic rings. The lowest BCUT2D eigenvalue weighted by atomic mass is 9.80. The Morgan fingerprint density at radius 1 is 0.500 bits per heavy atom. The van der Waals surface area contributed by atoms with E-state index in [1.165, 1.54) is 5.56 Å². The van der Waals surface area contributed by atoms with E-state index in [1.54, 1.807) is 0 Å². The van der Waals surface area contributed by atoms with Crippen LogP contribution in [0.5, 0.6) is 0 Å². The highest BCUT2D eigenvalue weighted by Gasteiger charge is 2.42. The molecule has 0 unspecified atom stereocenters. The smallest absolute Gasteiger partial charge is 0.196 e. The van der Waals surface area contributed by atoms with Crippen molar-refractivity contribution in [2.45, 2.75) is 19.3 Å². The molecule has 0 saturated carbocycles. The van der Waals surface area contributed by atoms with Gasteiger partial charge in [0.15, 0.2) is 11.3 Å². The third kappa shape index (κ3) is 6.22. The molecule has 1 aliphatic rings. The lowest BCUT2D eigenvalue weighted by molar-refractivity contribution is 0.648. The number of nitriles is 1. The molecule has 5 heteroatoms. The quantitative estimate of drug-likeness (QED) is 0.143. The van der Waals surface area contributed by atoms with Crippen LogP contribution in [-0.2, 0) is 5.41 Å². The Kier molecular flexibility index (Phi) is 9.19. The topological polar surface area (TPSA) is 47.8 Å². The lowest BCUT2D eigenvalue weighted by Crippen LogP contribution is -2.21. The van der Waals surface area contributed by atoms with Crippen molar-refractivity contribution in [3.05, 3.63) is 234 Å². The standard InChI is InChI=1S/C59H40N4O/c1-59(2)53-35-45(62(42-22-12-6-13-23-42)46-29-32-48(54(36-46)61-3)40-20-10-5-11-21-40)30-33-49(53)51-37-52-50-26-16-17-27-55(50)64-58(52)57(56(51)59)63(43-24-14-7-15-25-43)44-28-31-47(41(34-44)38-60)39-18-8-4-9-19-39/h4-37H,1-2H3. The summed E-state index contributed by atoms with van der Waals surface area (Å²) < 4.78 is 6.98. The number of hydrogen-bond donors (Lipinski definition) is 0. The maximum atomic E-state index is 10.7. The number of hydrogen-bond acceptors (Lipinski definition) is 4. The number of para-hydroxylation sites is 3. The molecule has 0 spiro atoms. The van der Waals surface area contributed by atoms with Gasteiger partial charge in [-0.05, 0) is 117 Å². The lowest BCUT2D eigenvalue weighted by Gasteiger charge is -2.33. The monoisotopic (exact) mass is 820 g/mol. The van der Waals surface area contributed by atoms with Crippen molar-refractivity contribution >= 4 is 61.8 Å². The van der Waals surface area contributed by atoms with Gasteiger partial charge >= 0.3 is 0 Å². The summed E-state index contributed by atoms with van der Waals surface area (Å²) in [6.45, 7) is 12.8. The second kappa shape index (κ2) is 15.4. The molecule has 5 nitrogen and oxygen atoms in total. The third-order valence-corrected chi connectivity index (χ3v) is 12.7. The van der Waals surface area contributed by atoms with Gasteiger partial charge in [0.05, 0.1) is 23.9 Å². The fourth-order valence-electron chi connectivity index (χ4n) is 9.71. The largest absolute Gasteiger partial charge is 0.454 e. The summed E-state index contributed by atoms with van der Waals surface area (Å²) in [6, 6.07) is 73.2. The number of benzene rings is 9. The molecule has 1 aliphatic carbocycles. The van der Waals surface area contributed by atoms with Crippen LogP contribution in [0.4, 0.5) is 39.8 Å². The molecule has 302 valence electrons. The van der Waals surface area contributed by atoms with Crippen molar-refractivity contribution in [1.29, 1.82) is 5.26 Å². The molecule has 0 atom stereocenters. The van der Waals surface area contributed by atoms with Gasteiger partial charge in [-0.3, -0.25) is 0 Å². The predicted molar refractivity (Wildman–Crippen MR) is 262 cm³/mol. The van der Waals surface area contributed by atoms with E-state index in [1.807, 2.05) is 97.1 Å². The van der Waals surface area contributed by atoms with Gasteiger partial charge in [-0.25, -0.2) is 4.85 Å². The summed E-state index contributed by atoms with van der Waals surface area (Å²) in [5.41, 5.74) is 16.3. The fourth-order valence-corrected chi connectivity index (χ4v) is 9.71. The minimum absolute atomic E-state index is 0.528. The summed E-state index contributed by atoms with van der Waals surface area (Å²) in [7, 11) is 0. The Bertz CT molecular complexity index is 3490. The first-order valence-electron chi connectivity index (χ1n) is 21.4. The van der Waals surface area contributed by atoms with Gasteiger partial charge in [0.2, 0.25) is 0 Å². The zero-order chi connectivity index (χ0) is 43.4. The molecule has 9 aromatic carbocycles. The van der Waals surface area contributed by atoms with Gasteiger partial charge in [-0.2, -0.15) is 5.26 Å². The fraction of sp³-hybridized carbons (Fsp3) is 0.0508. The van der Waals surface area contributed by atoms with Crippen molar-refractivity contribution in [1.82, 2.24) is 0 Å². The average Bonchev–Trinajstić information content (AvgIpc) is 3.83. The number of rotatable bonds is 8. The normalized spacial score (nSPS) is 12.3. The minimum Gasteiger partial charge on any atom is -0.454 e. The highest BCUT2D eigenvalue weighted by Crippen LogP contribution is 2.59. The molecule has 0 radical (unpaired) electrons. The van der Waals surface area contributed by atoms with Crippen LogP contribution in [0.2, 0.25) is 0 Å². The van der Waals surface area contributed by atoms with Crippen LogP contribution in [0, 0.1) is 17.9 Å². The van der Waals surface area contributed by atoms with E-state index in [2.05, 4.69) is 144 Å². The van der Waals surface area contributed by atoms with E-state index in [4.69, 9.17) is 11.0 Å². The number of nitrogens with zero attached hydrogens (tertiary/aromatic N) is 4. The third-order valence-electron chi connectivity index (χ3n) is 12.7. The molecule has 0 bridgehead atoms. The molecule has 1 heterocycles. The average molecular weight is 821 g/mol. The summed E-state index contributed by atoms with van der Waals surface area (Å²) in [5.74, 6) is 0. The molecular weight excluding hydrogens is 781 g/mol. The van der Waals surface area contributed by atoms with Crippen LogP contribution in [0.1, 0.15) is 30.5 Å². The van der Waals surface area contributed by atoms with Crippen LogP contribution in [0.3, 0.4) is 0 Å². The van der Waals surface area contributed by atoms with Gasteiger partial charge in [-0.15, -0.1) is 0 Å². The summed E-state index contributed by atoms with van der Waals surface area (Å²) in [6.07, 6.45) is 0. The van der Waals surface area contributed by atoms with E-state index in [9.17, 15) is 5.26 Å². The molecule has 0 fully saturated rings. The zero-order valence-electron chi connectivity index (χ0n) is 35.3. The summed E-state index contributed by atoms with van der Waals surface area (Å²) in [4.78, 5) is 8.56. The van der Waals surface area contributed by atoms with E-state index >= 15 is 0 Å². The van der Waals surface area contributed by atoms with Gasteiger partial charge in [0.1, 0.15) is 5.58 Å². The second-order valence-corrected chi connectivity index (χ2v) is 16.7. The van der Waals surface area contributed by atoms with Crippen LogP contribution in [-0.4, -0.2) is 0 Å². The van der Waals surface area contributed by atoms with Gasteiger partial charge < -0.3 is 14.2 Å². The Labute approximate surface area is 372 Å². The SMILES string of the molecule is [C-]#[N+]c1cc(N(c2ccccc2)c2ccc3c(c2)C(C)(C)c2c-3cc3c(oc4ccccc43)c2N(c2ccccc2)c2ccc(-c3ccccc3)c(C#N)c2)ccc1-c1ccccc1. The first kappa shape index (κ1) is 38.3. The Morgan fingerprint density at radius 2 is 1.03 bits per heavy atom. The highest BCUT2D eigenvalue weighted by atomic mass is 16.3. The van der Waals surface area contributed by atoms with E-state index in [0.29, 0.717) is 11.3 Å².